The van der Waals surface area contributed by atoms with Gasteiger partial charge in [0.15, 0.2) is 23.0 Å². The molecular formula is C70H56CdN6O12. The first-order chi connectivity index (χ1) is 42.8. The number of carbonyl (C=O) groups is 2. The van der Waals surface area contributed by atoms with E-state index in [1.165, 1.54) is 26.6 Å². The molecule has 18 nitrogen and oxygen atoms in total. The van der Waals surface area contributed by atoms with E-state index >= 15 is 0 Å². The van der Waals surface area contributed by atoms with Crippen molar-refractivity contribution < 1.29 is 66.7 Å². The van der Waals surface area contributed by atoms with Gasteiger partial charge in [-0.3, -0.25) is 9.59 Å². The van der Waals surface area contributed by atoms with Crippen LogP contribution in [0.15, 0.2) is 277 Å². The predicted octanol–water partition coefficient (Wildman–Crippen LogP) is 13.9. The fraction of sp³-hybridized carbons (Fsp3) is 0.0286. The predicted molar refractivity (Wildman–Crippen MR) is 342 cm³/mol. The summed E-state index contributed by atoms with van der Waals surface area (Å²) in [7, 11) is 2.95. The minimum Gasteiger partial charge on any atom is -0.504 e. The Kier molecular flexibility index (Phi) is 25.8. The molecule has 0 radical (unpaired) electrons. The van der Waals surface area contributed by atoms with E-state index in [4.69, 9.17) is 40.1 Å². The number of rotatable bonds is 16. The molecule has 10 rings (SSSR count). The second-order valence-electron chi connectivity index (χ2n) is 18.5. The minimum atomic E-state index is -1.75. The monoisotopic (exact) mass is 1290 g/mol. The average molecular weight is 1290 g/mol. The summed E-state index contributed by atoms with van der Waals surface area (Å²) in [6.45, 7) is 0. The largest absolute Gasteiger partial charge is 2.00 e. The van der Waals surface area contributed by atoms with Gasteiger partial charge in [-0.1, -0.05) is 218 Å². The third-order valence-electron chi connectivity index (χ3n) is 13.0. The zero-order valence-electron chi connectivity index (χ0n) is 48.0. The van der Waals surface area contributed by atoms with Crippen molar-refractivity contribution in [3.05, 3.63) is 364 Å². The fourth-order valence-corrected chi connectivity index (χ4v) is 9.09. The van der Waals surface area contributed by atoms with E-state index in [9.17, 15) is 19.8 Å². The number of methoxy groups -OCH3 is 2. The van der Waals surface area contributed by atoms with Crippen LogP contribution in [0.1, 0.15) is 76.4 Å². The first kappa shape index (κ1) is 66.6. The summed E-state index contributed by atoms with van der Waals surface area (Å²) < 4.78 is 10.2. The maximum Gasteiger partial charge on any atom is 2.00 e. The number of hydrogen-bond donors (Lipinski definition) is 4. The SMILES string of the molecule is COc1cccc(C=NNC(=O)c2ccc(C(=C(c3ccccc3)c3ccccc3)c3ccccc3)cc2)c1O.COc1cccc(C=NNC(=O)c2ccc(C(=C(c3ccccc3)c3ccccc3)c3ccccc3)cc2)c1O.O=[N+]([O-])[O-].O=[N+]([O-])[O-].[Cd+2]. The molecule has 10 aromatic rings. The van der Waals surface area contributed by atoms with Crippen molar-refractivity contribution in [1.29, 1.82) is 0 Å². The number of phenolic OH excluding ortho intramolecular Hbond substituents is 2. The van der Waals surface area contributed by atoms with Crippen molar-refractivity contribution >= 4 is 46.5 Å². The number of para-hydroxylation sites is 2. The number of nitrogens with zero attached hydrogens (tertiary/aromatic N) is 4. The van der Waals surface area contributed by atoms with Crippen LogP contribution in [0.25, 0.3) is 22.3 Å². The molecule has 89 heavy (non-hydrogen) atoms. The van der Waals surface area contributed by atoms with Gasteiger partial charge >= 0.3 is 27.3 Å². The molecular weight excluding hydrogens is 1230 g/mol. The van der Waals surface area contributed by atoms with Crippen LogP contribution >= 0.6 is 0 Å². The average Bonchev–Trinajstić information content (AvgIpc) is 1.78. The zero-order chi connectivity index (χ0) is 62.6. The Balaban J connectivity index is 0.000000251. The van der Waals surface area contributed by atoms with Crippen molar-refractivity contribution in [1.82, 2.24) is 10.9 Å². The van der Waals surface area contributed by atoms with E-state index in [-0.39, 0.29) is 50.6 Å². The molecule has 440 valence electrons. The van der Waals surface area contributed by atoms with E-state index in [2.05, 4.69) is 93.9 Å². The molecule has 0 unspecified atom stereocenters. The Labute approximate surface area is 532 Å². The normalized spacial score (nSPS) is 10.2. The van der Waals surface area contributed by atoms with Gasteiger partial charge in [-0.2, -0.15) is 10.2 Å². The van der Waals surface area contributed by atoms with Crippen molar-refractivity contribution in [3.63, 3.8) is 0 Å². The molecule has 0 atom stereocenters. The van der Waals surface area contributed by atoms with Gasteiger partial charge in [0.25, 0.3) is 11.8 Å². The minimum absolute atomic E-state index is 0. The summed E-state index contributed by atoms with van der Waals surface area (Å²) in [4.78, 5) is 42.2. The molecule has 0 aliphatic rings. The molecule has 2 amide bonds. The number of carbonyl (C=O) groups excluding carboxylic acids is 2. The van der Waals surface area contributed by atoms with E-state index in [0.29, 0.717) is 33.8 Å². The van der Waals surface area contributed by atoms with Crippen molar-refractivity contribution in [3.8, 4) is 23.0 Å². The molecule has 0 fully saturated rings. The first-order valence-corrected chi connectivity index (χ1v) is 26.8. The molecule has 0 aliphatic heterocycles. The van der Waals surface area contributed by atoms with Crippen LogP contribution in [0.2, 0.25) is 0 Å². The molecule has 10 aromatic carbocycles. The maximum atomic E-state index is 12.8. The molecule has 0 heterocycles. The van der Waals surface area contributed by atoms with Gasteiger partial charge in [-0.05, 0) is 115 Å². The third-order valence-corrected chi connectivity index (χ3v) is 13.0. The molecule has 19 heteroatoms. The molecule has 0 saturated carbocycles. The van der Waals surface area contributed by atoms with Crippen LogP contribution in [0, 0.1) is 30.6 Å². The summed E-state index contributed by atoms with van der Waals surface area (Å²) in [6.07, 6.45) is 2.76. The number of amides is 2. The Bertz CT molecular complexity index is 3690. The van der Waals surface area contributed by atoms with Gasteiger partial charge in [0.2, 0.25) is 0 Å². The van der Waals surface area contributed by atoms with Crippen molar-refractivity contribution in [2.75, 3.05) is 14.2 Å². The molecule has 0 saturated heterocycles. The number of phenols is 2. The van der Waals surface area contributed by atoms with E-state index in [1.54, 1.807) is 60.7 Å². The quantitative estimate of drug-likeness (QED) is 0.0231. The summed E-state index contributed by atoms with van der Waals surface area (Å²) in [5.74, 6) is -0.138. The van der Waals surface area contributed by atoms with Crippen LogP contribution in [0.3, 0.4) is 0 Å². The van der Waals surface area contributed by atoms with Crippen LogP contribution in [0.4, 0.5) is 0 Å². The fourth-order valence-electron chi connectivity index (χ4n) is 9.09. The number of ether oxygens (including phenoxy) is 2. The van der Waals surface area contributed by atoms with E-state index in [0.717, 1.165) is 66.8 Å². The molecule has 0 spiro atoms. The second-order valence-corrected chi connectivity index (χ2v) is 18.5. The van der Waals surface area contributed by atoms with Gasteiger partial charge < -0.3 is 50.3 Å². The first-order valence-electron chi connectivity index (χ1n) is 26.8. The number of hydrogen-bond acceptors (Lipinski definition) is 14. The number of aromatic hydroxyl groups is 2. The summed E-state index contributed by atoms with van der Waals surface area (Å²) in [6, 6.07) is 87.0. The Morgan fingerprint density at radius 1 is 0.348 bits per heavy atom. The van der Waals surface area contributed by atoms with Gasteiger partial charge in [0.1, 0.15) is 0 Å². The van der Waals surface area contributed by atoms with Gasteiger partial charge in [0, 0.05) is 22.3 Å². The molecule has 0 bridgehead atoms. The van der Waals surface area contributed by atoms with Crippen molar-refractivity contribution in [2.45, 2.75) is 0 Å². The maximum absolute atomic E-state index is 12.8. The topological polar surface area (TPSA) is 274 Å². The van der Waals surface area contributed by atoms with Gasteiger partial charge in [0.05, 0.1) is 36.8 Å². The van der Waals surface area contributed by atoms with E-state index < -0.39 is 10.2 Å². The summed E-state index contributed by atoms with van der Waals surface area (Å²) in [5.41, 5.74) is 19.7. The number of benzene rings is 10. The molecule has 0 aliphatic carbocycles. The van der Waals surface area contributed by atoms with E-state index in [1.807, 2.05) is 133 Å². The van der Waals surface area contributed by atoms with Crippen LogP contribution in [-0.4, -0.2) is 58.8 Å². The number of hydrazone groups is 2. The van der Waals surface area contributed by atoms with Gasteiger partial charge in [-0.15, -0.1) is 0 Å². The summed E-state index contributed by atoms with van der Waals surface area (Å²) in [5, 5.41) is 58.0. The molecule has 0 aromatic heterocycles. The van der Waals surface area contributed by atoms with Crippen LogP contribution < -0.4 is 20.3 Å². The summed E-state index contributed by atoms with van der Waals surface area (Å²) >= 11 is 0. The smallest absolute Gasteiger partial charge is 0.504 e. The Morgan fingerprint density at radius 2 is 0.551 bits per heavy atom. The number of nitrogens with one attached hydrogen (secondary N) is 2. The molecule has 4 N–H and O–H groups in total. The van der Waals surface area contributed by atoms with Crippen LogP contribution in [-0.2, 0) is 27.3 Å². The standard InChI is InChI=1S/2C35H28N2O3.Cd.2NO3/c2*1-40-31-19-11-18-30(34(31)38)24-36-37-35(39)29-22-20-28(21-23-29)33(27-16-9-4-10-17-27)32(25-12-5-2-6-13-25)26-14-7-3-8-15-26;;2*2-1(3)4/h2*2-24,38H,1H3,(H,37,39);;;/q;;+2;2*-1. The van der Waals surface area contributed by atoms with Crippen molar-refractivity contribution in [2.24, 2.45) is 10.2 Å². The Hall–Kier alpha value is -11.5. The zero-order valence-corrected chi connectivity index (χ0v) is 52.1. The Morgan fingerprint density at radius 3 is 0.764 bits per heavy atom. The second kappa shape index (κ2) is 34.4. The van der Waals surface area contributed by atoms with Gasteiger partial charge in [-0.25, -0.2) is 10.9 Å². The third kappa shape index (κ3) is 19.2. The van der Waals surface area contributed by atoms with Crippen LogP contribution in [0.5, 0.6) is 23.0 Å².